The van der Waals surface area contributed by atoms with Crippen LogP contribution in [0.4, 0.5) is 0 Å². The van der Waals surface area contributed by atoms with Gasteiger partial charge in [0, 0.05) is 12.8 Å². The molecule has 0 unspecified atom stereocenters. The van der Waals surface area contributed by atoms with Crippen LogP contribution in [0.1, 0.15) is 46.5 Å². The Balaban J connectivity index is 3.05. The van der Waals surface area contributed by atoms with Crippen molar-refractivity contribution >= 4 is 0 Å². The molecule has 0 fully saturated rings. The predicted molar refractivity (Wildman–Crippen MR) is 46.5 cm³/mol. The molecule has 0 N–H and O–H groups in total. The van der Waals surface area contributed by atoms with Gasteiger partial charge in [0.2, 0.25) is 0 Å². The number of unbranched alkanes of at least 4 members (excludes halogenated alkanes) is 1. The lowest BCUT2D eigenvalue weighted by atomic mass is 10.1. The molecule has 0 amide bonds. The number of rotatable bonds is 3. The lowest BCUT2D eigenvalue weighted by Gasteiger charge is -1.98. The predicted octanol–water partition coefficient (Wildman–Crippen LogP) is 3.18. The fourth-order valence-corrected chi connectivity index (χ4v) is 0.744. The summed E-state index contributed by atoms with van der Waals surface area (Å²) in [6, 6.07) is 0. The second kappa shape index (κ2) is 6.68. The van der Waals surface area contributed by atoms with E-state index in [1.807, 2.05) is 0 Å². The first-order chi connectivity index (χ1) is 4.77. The molecule has 0 heteroatoms. The quantitative estimate of drug-likeness (QED) is 0.414. The Morgan fingerprint density at radius 2 is 1.90 bits per heavy atom. The average Bonchev–Trinajstić information content (AvgIpc) is 1.87. The van der Waals surface area contributed by atoms with Crippen LogP contribution in [0, 0.1) is 17.8 Å². The van der Waals surface area contributed by atoms with Gasteiger partial charge in [0.05, 0.1) is 0 Å². The Morgan fingerprint density at radius 1 is 1.20 bits per heavy atom. The second-order valence-electron chi connectivity index (χ2n) is 2.77. The molecular weight excluding hydrogens is 120 g/mol. The van der Waals surface area contributed by atoms with E-state index in [2.05, 4.69) is 32.6 Å². The smallest absolute Gasteiger partial charge is 0.00888 e. The highest BCUT2D eigenvalue weighted by Crippen LogP contribution is 2.06. The van der Waals surface area contributed by atoms with Crippen molar-refractivity contribution in [2.75, 3.05) is 0 Å². The molecule has 0 rings (SSSR count). The van der Waals surface area contributed by atoms with E-state index < -0.39 is 0 Å². The van der Waals surface area contributed by atoms with Crippen molar-refractivity contribution in [3.63, 3.8) is 0 Å². The molecule has 57 valence electrons. The zero-order chi connectivity index (χ0) is 7.82. The molecule has 10 heavy (non-hydrogen) atoms. The molecule has 0 aromatic heterocycles. The molecule has 0 bridgehead atoms. The van der Waals surface area contributed by atoms with E-state index in [0.717, 1.165) is 12.8 Å². The molecule has 0 heterocycles. The SMILES string of the molecule is CCC#CCCC[C](C)C. The van der Waals surface area contributed by atoms with Gasteiger partial charge in [0.15, 0.2) is 0 Å². The van der Waals surface area contributed by atoms with Gasteiger partial charge in [-0.05, 0) is 18.8 Å². The van der Waals surface area contributed by atoms with Crippen LogP contribution in [0.25, 0.3) is 0 Å². The van der Waals surface area contributed by atoms with Gasteiger partial charge in [-0.3, -0.25) is 0 Å². The molecule has 0 aliphatic heterocycles. The van der Waals surface area contributed by atoms with Gasteiger partial charge < -0.3 is 0 Å². The van der Waals surface area contributed by atoms with Gasteiger partial charge in [0.25, 0.3) is 0 Å². The zero-order valence-electron chi connectivity index (χ0n) is 7.33. The summed E-state index contributed by atoms with van der Waals surface area (Å²) in [6.07, 6.45) is 4.53. The Morgan fingerprint density at radius 3 is 2.40 bits per heavy atom. The van der Waals surface area contributed by atoms with E-state index in [0.29, 0.717) is 0 Å². The van der Waals surface area contributed by atoms with Gasteiger partial charge >= 0.3 is 0 Å². The molecule has 0 aliphatic carbocycles. The van der Waals surface area contributed by atoms with E-state index in [9.17, 15) is 0 Å². The fourth-order valence-electron chi connectivity index (χ4n) is 0.744. The first kappa shape index (κ1) is 9.56. The molecule has 0 spiro atoms. The van der Waals surface area contributed by atoms with Crippen molar-refractivity contribution in [1.29, 1.82) is 0 Å². The fraction of sp³-hybridized carbons (Fsp3) is 0.700. The van der Waals surface area contributed by atoms with Crippen LogP contribution in [0.3, 0.4) is 0 Å². The maximum absolute atomic E-state index is 3.13. The van der Waals surface area contributed by atoms with Crippen LogP contribution >= 0.6 is 0 Å². The first-order valence-electron chi connectivity index (χ1n) is 4.02. The summed E-state index contributed by atoms with van der Waals surface area (Å²) in [7, 11) is 0. The number of hydrogen-bond donors (Lipinski definition) is 0. The van der Waals surface area contributed by atoms with Crippen LogP contribution in [0.2, 0.25) is 0 Å². The van der Waals surface area contributed by atoms with E-state index in [1.165, 1.54) is 18.8 Å². The van der Waals surface area contributed by atoms with Gasteiger partial charge in [0.1, 0.15) is 0 Å². The lowest BCUT2D eigenvalue weighted by molar-refractivity contribution is 0.769. The normalized spacial score (nSPS) is 9.20. The highest BCUT2D eigenvalue weighted by Gasteiger charge is 1.90. The Kier molecular flexibility index (Phi) is 6.38. The van der Waals surface area contributed by atoms with E-state index in [-0.39, 0.29) is 0 Å². The van der Waals surface area contributed by atoms with Crippen LogP contribution in [-0.2, 0) is 0 Å². The average molecular weight is 137 g/mol. The molecule has 0 nitrogen and oxygen atoms in total. The molecule has 0 aromatic rings. The summed E-state index contributed by atoms with van der Waals surface area (Å²) >= 11 is 0. The van der Waals surface area contributed by atoms with Crippen molar-refractivity contribution in [2.24, 2.45) is 0 Å². The Labute approximate surface area is 65.0 Å². The van der Waals surface area contributed by atoms with E-state index in [1.54, 1.807) is 0 Å². The molecule has 0 atom stereocenters. The topological polar surface area (TPSA) is 0 Å². The summed E-state index contributed by atoms with van der Waals surface area (Å²) in [5, 5.41) is 0. The molecular formula is C10H17. The maximum Gasteiger partial charge on any atom is 0.00888 e. The van der Waals surface area contributed by atoms with Crippen molar-refractivity contribution in [1.82, 2.24) is 0 Å². The summed E-state index contributed by atoms with van der Waals surface area (Å²) in [4.78, 5) is 0. The first-order valence-corrected chi connectivity index (χ1v) is 4.02. The Bertz CT molecular complexity index is 112. The molecule has 0 aliphatic rings. The second-order valence-corrected chi connectivity index (χ2v) is 2.77. The van der Waals surface area contributed by atoms with Crippen LogP contribution in [-0.4, -0.2) is 0 Å². The van der Waals surface area contributed by atoms with Gasteiger partial charge in [-0.15, -0.1) is 11.8 Å². The highest BCUT2D eigenvalue weighted by atomic mass is 14.0. The minimum atomic E-state index is 0.995. The Hall–Kier alpha value is -0.440. The summed E-state index contributed by atoms with van der Waals surface area (Å²) in [5.74, 6) is 7.70. The lowest BCUT2D eigenvalue weighted by Crippen LogP contribution is -1.82. The van der Waals surface area contributed by atoms with Crippen molar-refractivity contribution < 1.29 is 0 Å². The third-order valence-electron chi connectivity index (χ3n) is 1.28. The highest BCUT2D eigenvalue weighted by molar-refractivity contribution is 4.98. The third kappa shape index (κ3) is 7.56. The molecule has 0 saturated carbocycles. The summed E-state index contributed by atoms with van der Waals surface area (Å²) in [5.41, 5.74) is 0. The van der Waals surface area contributed by atoms with Gasteiger partial charge in [-0.25, -0.2) is 0 Å². The number of hydrogen-bond acceptors (Lipinski definition) is 0. The van der Waals surface area contributed by atoms with Gasteiger partial charge in [-0.2, -0.15) is 0 Å². The van der Waals surface area contributed by atoms with Crippen molar-refractivity contribution in [2.45, 2.75) is 46.5 Å². The monoisotopic (exact) mass is 137 g/mol. The largest absolute Gasteiger partial charge is 0.104 e. The van der Waals surface area contributed by atoms with E-state index >= 15 is 0 Å². The molecule has 1 radical (unpaired) electrons. The van der Waals surface area contributed by atoms with Crippen LogP contribution < -0.4 is 0 Å². The minimum absolute atomic E-state index is 0.995. The van der Waals surface area contributed by atoms with Crippen molar-refractivity contribution in [3.8, 4) is 11.8 Å². The third-order valence-corrected chi connectivity index (χ3v) is 1.28. The van der Waals surface area contributed by atoms with Crippen molar-refractivity contribution in [3.05, 3.63) is 5.92 Å². The van der Waals surface area contributed by atoms with Gasteiger partial charge in [-0.1, -0.05) is 20.8 Å². The van der Waals surface area contributed by atoms with E-state index in [4.69, 9.17) is 0 Å². The maximum atomic E-state index is 3.13. The van der Waals surface area contributed by atoms with Crippen LogP contribution in [0.5, 0.6) is 0 Å². The summed E-state index contributed by atoms with van der Waals surface area (Å²) in [6.45, 7) is 6.44. The molecule has 0 aromatic carbocycles. The summed E-state index contributed by atoms with van der Waals surface area (Å²) < 4.78 is 0. The molecule has 0 saturated heterocycles. The minimum Gasteiger partial charge on any atom is -0.104 e. The van der Waals surface area contributed by atoms with Crippen LogP contribution in [0.15, 0.2) is 0 Å². The standard InChI is InChI=1S/C10H17/c1-4-5-6-7-8-9-10(2)3/h4,7-9H2,1-3H3. The zero-order valence-corrected chi connectivity index (χ0v) is 7.33.